The summed E-state index contributed by atoms with van der Waals surface area (Å²) in [5.41, 5.74) is 1.59. The largest absolute Gasteiger partial charge is 0.395 e. The van der Waals surface area contributed by atoms with Crippen LogP contribution in [0.2, 0.25) is 0 Å². The van der Waals surface area contributed by atoms with Gasteiger partial charge in [0.05, 0.1) is 23.6 Å². The van der Waals surface area contributed by atoms with Crippen LogP contribution in [0.4, 0.5) is 4.39 Å². The number of sulfonamides is 1. The van der Waals surface area contributed by atoms with E-state index in [9.17, 15) is 23.2 Å². The molecule has 7 heteroatoms. The van der Waals surface area contributed by atoms with Gasteiger partial charge in [-0.15, -0.1) is 0 Å². The highest BCUT2D eigenvalue weighted by atomic mass is 32.2. The van der Waals surface area contributed by atoms with Crippen molar-refractivity contribution in [1.82, 2.24) is 4.31 Å². The zero-order chi connectivity index (χ0) is 21.0. The van der Waals surface area contributed by atoms with Crippen molar-refractivity contribution >= 4 is 10.0 Å². The second-order valence-corrected chi connectivity index (χ2v) is 8.66. The van der Waals surface area contributed by atoms with Gasteiger partial charge in [0.15, 0.2) is 0 Å². The molecule has 0 bridgehead atoms. The second kappa shape index (κ2) is 8.75. The van der Waals surface area contributed by atoms with E-state index in [2.05, 4.69) is 18.8 Å². The standard InChI is InChI=1S/C22H21FN2O3S/c1-2-3-4-6-16-9-11-17(12-10-16)22-20(14-24)25(21(22)15-26)29(27,28)19-8-5-7-18(23)13-19/h5,7-13,20-22,26H,2-3,15H2,1H3/t20-,21-,22+/m0/s1. The molecule has 0 aliphatic carbocycles. The van der Waals surface area contributed by atoms with Gasteiger partial charge in [0, 0.05) is 17.9 Å². The van der Waals surface area contributed by atoms with Gasteiger partial charge in [0.25, 0.3) is 0 Å². The maximum atomic E-state index is 13.5. The van der Waals surface area contributed by atoms with E-state index < -0.39 is 40.4 Å². The molecule has 1 heterocycles. The molecule has 29 heavy (non-hydrogen) atoms. The van der Waals surface area contributed by atoms with Crippen molar-refractivity contribution in [3.8, 4) is 17.9 Å². The van der Waals surface area contributed by atoms with Gasteiger partial charge in [-0.05, 0) is 42.3 Å². The predicted molar refractivity (Wildman–Crippen MR) is 107 cm³/mol. The molecule has 0 amide bonds. The first kappa shape index (κ1) is 21.0. The molecule has 1 aliphatic rings. The number of benzene rings is 2. The topological polar surface area (TPSA) is 81.4 Å². The second-order valence-electron chi connectivity index (χ2n) is 6.82. The van der Waals surface area contributed by atoms with Crippen LogP contribution in [0.5, 0.6) is 0 Å². The molecule has 0 spiro atoms. The van der Waals surface area contributed by atoms with Gasteiger partial charge in [-0.25, -0.2) is 12.8 Å². The molecule has 150 valence electrons. The third-order valence-corrected chi connectivity index (χ3v) is 6.85. The van der Waals surface area contributed by atoms with Gasteiger partial charge in [-0.1, -0.05) is 37.0 Å². The lowest BCUT2D eigenvalue weighted by molar-refractivity contribution is 0.0556. The molecule has 2 aromatic carbocycles. The number of nitrogens with zero attached hydrogens (tertiary/aromatic N) is 2. The molecule has 0 radical (unpaired) electrons. The number of aliphatic hydroxyl groups excluding tert-OH is 1. The Balaban J connectivity index is 1.90. The van der Waals surface area contributed by atoms with Crippen molar-refractivity contribution in [2.45, 2.75) is 42.7 Å². The zero-order valence-electron chi connectivity index (χ0n) is 15.9. The first-order valence-electron chi connectivity index (χ1n) is 9.32. The zero-order valence-corrected chi connectivity index (χ0v) is 16.7. The molecule has 0 aromatic heterocycles. The highest BCUT2D eigenvalue weighted by molar-refractivity contribution is 7.89. The molecular formula is C22H21FN2O3S. The number of hydrogen-bond donors (Lipinski definition) is 1. The van der Waals surface area contributed by atoms with E-state index >= 15 is 0 Å². The summed E-state index contributed by atoms with van der Waals surface area (Å²) in [7, 11) is -4.12. The molecule has 3 atom stereocenters. The van der Waals surface area contributed by atoms with Gasteiger partial charge in [-0.2, -0.15) is 9.57 Å². The minimum Gasteiger partial charge on any atom is -0.395 e. The summed E-state index contributed by atoms with van der Waals surface area (Å²) < 4.78 is 40.4. The fourth-order valence-electron chi connectivity index (χ4n) is 3.52. The van der Waals surface area contributed by atoms with Crippen LogP contribution >= 0.6 is 0 Å². The molecule has 1 saturated heterocycles. The predicted octanol–water partition coefficient (Wildman–Crippen LogP) is 3.02. The number of nitriles is 1. The van der Waals surface area contributed by atoms with Crippen LogP contribution < -0.4 is 0 Å². The van der Waals surface area contributed by atoms with E-state index in [1.54, 1.807) is 12.1 Å². The summed E-state index contributed by atoms with van der Waals surface area (Å²) in [5.74, 6) is 4.94. The van der Waals surface area contributed by atoms with Crippen LogP contribution in [0.15, 0.2) is 53.4 Å². The minimum absolute atomic E-state index is 0.240. The number of halogens is 1. The van der Waals surface area contributed by atoms with Gasteiger partial charge in [0.2, 0.25) is 10.0 Å². The molecule has 1 N–H and O–H groups in total. The quantitative estimate of drug-likeness (QED) is 0.766. The van der Waals surface area contributed by atoms with E-state index in [1.165, 1.54) is 12.1 Å². The lowest BCUT2D eigenvalue weighted by Crippen LogP contribution is -2.65. The Hall–Kier alpha value is -2.71. The fraction of sp³-hybridized carbons (Fsp3) is 0.318. The van der Waals surface area contributed by atoms with E-state index in [-0.39, 0.29) is 4.90 Å². The average Bonchev–Trinajstić information content (AvgIpc) is 2.69. The lowest BCUT2D eigenvalue weighted by Gasteiger charge is -2.50. The van der Waals surface area contributed by atoms with E-state index in [4.69, 9.17) is 0 Å². The van der Waals surface area contributed by atoms with Gasteiger partial charge < -0.3 is 5.11 Å². The van der Waals surface area contributed by atoms with E-state index in [1.807, 2.05) is 18.2 Å². The summed E-state index contributed by atoms with van der Waals surface area (Å²) in [6.45, 7) is 1.60. The Morgan fingerprint density at radius 2 is 1.93 bits per heavy atom. The van der Waals surface area contributed by atoms with Crippen LogP contribution in [-0.2, 0) is 10.0 Å². The third kappa shape index (κ3) is 4.04. The van der Waals surface area contributed by atoms with Crippen LogP contribution in [0.1, 0.15) is 36.8 Å². The van der Waals surface area contributed by atoms with Gasteiger partial charge in [-0.3, -0.25) is 0 Å². The van der Waals surface area contributed by atoms with Crippen molar-refractivity contribution in [3.63, 3.8) is 0 Å². The SMILES string of the molecule is CCCC#Cc1ccc([C@@H]2[C@H](C#N)N(S(=O)(=O)c3cccc(F)c3)[C@H]2CO)cc1. The van der Waals surface area contributed by atoms with Crippen LogP contribution in [-0.4, -0.2) is 36.5 Å². The van der Waals surface area contributed by atoms with E-state index in [0.29, 0.717) is 0 Å². The average molecular weight is 412 g/mol. The summed E-state index contributed by atoms with van der Waals surface area (Å²) in [4.78, 5) is -0.240. The fourth-order valence-corrected chi connectivity index (χ4v) is 5.31. The summed E-state index contributed by atoms with van der Waals surface area (Å²) in [6.07, 6.45) is 1.78. The lowest BCUT2D eigenvalue weighted by atomic mass is 9.78. The van der Waals surface area contributed by atoms with Crippen molar-refractivity contribution in [3.05, 3.63) is 65.5 Å². The minimum atomic E-state index is -4.12. The van der Waals surface area contributed by atoms with Crippen molar-refractivity contribution in [1.29, 1.82) is 5.26 Å². The number of rotatable bonds is 5. The van der Waals surface area contributed by atoms with Gasteiger partial charge >= 0.3 is 0 Å². The van der Waals surface area contributed by atoms with Crippen molar-refractivity contribution < 1.29 is 17.9 Å². The Morgan fingerprint density at radius 1 is 1.21 bits per heavy atom. The number of aliphatic hydroxyl groups is 1. The molecule has 1 aliphatic heterocycles. The number of hydrogen-bond acceptors (Lipinski definition) is 4. The first-order chi connectivity index (χ1) is 13.9. The molecule has 2 aromatic rings. The normalized spacial score (nSPS) is 21.5. The number of unbranched alkanes of at least 4 members (excludes halogenated alkanes) is 1. The van der Waals surface area contributed by atoms with Crippen LogP contribution in [0.25, 0.3) is 0 Å². The van der Waals surface area contributed by atoms with Crippen molar-refractivity contribution in [2.24, 2.45) is 0 Å². The molecular weight excluding hydrogens is 391 g/mol. The van der Waals surface area contributed by atoms with E-state index in [0.717, 1.165) is 40.4 Å². The Labute approximate surface area is 170 Å². The molecule has 0 unspecified atom stereocenters. The van der Waals surface area contributed by atoms with Crippen LogP contribution in [0.3, 0.4) is 0 Å². The Kier molecular flexibility index (Phi) is 6.34. The smallest absolute Gasteiger partial charge is 0.244 e. The Morgan fingerprint density at radius 3 is 2.52 bits per heavy atom. The highest BCUT2D eigenvalue weighted by Crippen LogP contribution is 2.43. The van der Waals surface area contributed by atoms with Crippen LogP contribution in [0, 0.1) is 29.0 Å². The maximum Gasteiger partial charge on any atom is 0.244 e. The molecule has 5 nitrogen and oxygen atoms in total. The summed E-state index contributed by atoms with van der Waals surface area (Å²) >= 11 is 0. The molecule has 0 saturated carbocycles. The van der Waals surface area contributed by atoms with Crippen molar-refractivity contribution in [2.75, 3.05) is 6.61 Å². The molecule has 1 fully saturated rings. The summed E-state index contributed by atoms with van der Waals surface area (Å²) in [6, 6.07) is 12.1. The monoisotopic (exact) mass is 412 g/mol. The Bertz CT molecular complexity index is 1080. The molecule has 3 rings (SSSR count). The maximum absolute atomic E-state index is 13.5. The summed E-state index contributed by atoms with van der Waals surface area (Å²) in [5, 5.41) is 19.5. The third-order valence-electron chi connectivity index (χ3n) is 4.95. The highest BCUT2D eigenvalue weighted by Gasteiger charge is 2.55. The van der Waals surface area contributed by atoms with Gasteiger partial charge in [0.1, 0.15) is 11.9 Å². The first-order valence-corrected chi connectivity index (χ1v) is 10.8.